The average Bonchev–Trinajstić information content (AvgIpc) is 3.35. The maximum atomic E-state index is 13.1. The third kappa shape index (κ3) is 4.44. The molecule has 5 rings (SSSR count). The van der Waals surface area contributed by atoms with Crippen LogP contribution in [0.25, 0.3) is 49.4 Å². The van der Waals surface area contributed by atoms with E-state index in [-0.39, 0.29) is 22.1 Å². The molecule has 0 fully saturated rings. The Balaban J connectivity index is 2.14. The van der Waals surface area contributed by atoms with Crippen molar-refractivity contribution in [3.63, 3.8) is 0 Å². The highest BCUT2D eigenvalue weighted by molar-refractivity contribution is 6.35. The van der Waals surface area contributed by atoms with Crippen LogP contribution in [0.1, 0.15) is 37.4 Å². The minimum Gasteiger partial charge on any atom is -0.478 e. The van der Waals surface area contributed by atoms with Gasteiger partial charge in [0.2, 0.25) is 0 Å². The Hall–Kier alpha value is -5.15. The van der Waals surface area contributed by atoms with Crippen LogP contribution in [-0.4, -0.2) is 48.3 Å². The van der Waals surface area contributed by atoms with Gasteiger partial charge in [0.15, 0.2) is 0 Å². The molecule has 0 spiro atoms. The van der Waals surface area contributed by atoms with Crippen LogP contribution < -0.4 is 0 Å². The van der Waals surface area contributed by atoms with Crippen LogP contribution in [0.3, 0.4) is 0 Å². The van der Waals surface area contributed by atoms with Crippen molar-refractivity contribution in [3.8, 4) is 11.1 Å². The number of benzene rings is 4. The molecule has 9 nitrogen and oxygen atoms in total. The Morgan fingerprint density at radius 3 is 2.10 bits per heavy atom. The van der Waals surface area contributed by atoms with Gasteiger partial charge < -0.3 is 24.1 Å². The number of furan rings is 1. The molecule has 0 radical (unpaired) electrons. The molecule has 0 aliphatic rings. The van der Waals surface area contributed by atoms with Gasteiger partial charge in [0, 0.05) is 33.0 Å². The summed E-state index contributed by atoms with van der Waals surface area (Å²) in [5.74, 6) is -5.33. The van der Waals surface area contributed by atoms with Gasteiger partial charge in [0.25, 0.3) is 0 Å². The van der Waals surface area contributed by atoms with Crippen molar-refractivity contribution in [2.75, 3.05) is 14.2 Å². The second-order valence-electron chi connectivity index (χ2n) is 9.54. The second-order valence-corrected chi connectivity index (χ2v) is 9.94. The molecular weight excluding hydrogens is 564 g/mol. The quantitative estimate of drug-likeness (QED) is 0.162. The molecule has 5 aromatic rings. The highest BCUT2D eigenvalue weighted by Crippen LogP contribution is 2.47. The fourth-order valence-corrected chi connectivity index (χ4v) is 5.45. The number of aryl methyl sites for hydroxylation is 1. The van der Waals surface area contributed by atoms with E-state index in [4.69, 9.17) is 25.5 Å². The predicted molar refractivity (Wildman–Crippen MR) is 157 cm³/mol. The number of carboxylic acids is 2. The smallest absolute Gasteiger partial charge is 0.338 e. The Bertz CT molecular complexity index is 2030. The van der Waals surface area contributed by atoms with Crippen LogP contribution in [0.5, 0.6) is 0 Å². The van der Waals surface area contributed by atoms with Crippen molar-refractivity contribution >= 4 is 73.8 Å². The van der Waals surface area contributed by atoms with E-state index in [9.17, 15) is 29.4 Å². The predicted octanol–water partition coefficient (Wildman–Crippen LogP) is 6.80. The average molecular weight is 587 g/mol. The van der Waals surface area contributed by atoms with Crippen molar-refractivity contribution in [1.82, 2.24) is 0 Å². The number of aromatic carboxylic acids is 2. The van der Waals surface area contributed by atoms with Crippen LogP contribution >= 0.6 is 11.6 Å². The highest BCUT2D eigenvalue weighted by Gasteiger charge is 2.35. The normalized spacial score (nSPS) is 11.7. The lowest BCUT2D eigenvalue weighted by Gasteiger charge is -2.17. The largest absolute Gasteiger partial charge is 0.478 e. The minimum atomic E-state index is -1.66. The van der Waals surface area contributed by atoms with Gasteiger partial charge in [-0.1, -0.05) is 48.0 Å². The lowest BCUT2D eigenvalue weighted by Crippen LogP contribution is -2.17. The van der Waals surface area contributed by atoms with Gasteiger partial charge in [0.05, 0.1) is 30.9 Å². The van der Waals surface area contributed by atoms with Gasteiger partial charge in [-0.25, -0.2) is 19.2 Å². The van der Waals surface area contributed by atoms with Gasteiger partial charge in [0.1, 0.15) is 11.2 Å². The molecule has 0 unspecified atom stereocenters. The van der Waals surface area contributed by atoms with Gasteiger partial charge in [-0.2, -0.15) is 0 Å². The summed E-state index contributed by atoms with van der Waals surface area (Å²) in [5, 5.41) is 23.4. The molecule has 2 N–H and O–H groups in total. The molecule has 0 aliphatic carbocycles. The first-order valence-electron chi connectivity index (χ1n) is 12.6. The van der Waals surface area contributed by atoms with Gasteiger partial charge >= 0.3 is 23.9 Å². The monoisotopic (exact) mass is 586 g/mol. The molecule has 0 saturated heterocycles. The molecule has 0 saturated carbocycles. The van der Waals surface area contributed by atoms with Crippen molar-refractivity contribution in [2.24, 2.45) is 0 Å². The van der Waals surface area contributed by atoms with Gasteiger partial charge in [-0.3, -0.25) is 0 Å². The van der Waals surface area contributed by atoms with E-state index in [1.54, 1.807) is 38.1 Å². The van der Waals surface area contributed by atoms with Gasteiger partial charge in [-0.05, 0) is 53.4 Å². The number of halogens is 1. The summed E-state index contributed by atoms with van der Waals surface area (Å²) in [5.41, 5.74) is -0.348. The molecule has 0 amide bonds. The summed E-state index contributed by atoms with van der Waals surface area (Å²) in [7, 11) is 2.12. The zero-order valence-electron chi connectivity index (χ0n) is 22.8. The Labute approximate surface area is 243 Å². The first-order valence-corrected chi connectivity index (χ1v) is 12.9. The van der Waals surface area contributed by atoms with Crippen LogP contribution in [0.15, 0.2) is 59.0 Å². The minimum absolute atomic E-state index is 0.0119. The summed E-state index contributed by atoms with van der Waals surface area (Å²) >= 11 is 6.55. The van der Waals surface area contributed by atoms with Crippen molar-refractivity contribution in [2.45, 2.75) is 13.8 Å². The number of carbonyl (C=O) groups is 4. The third-order valence-corrected chi connectivity index (χ3v) is 7.70. The van der Waals surface area contributed by atoms with Crippen LogP contribution in [0, 0.1) is 13.8 Å². The lowest BCUT2D eigenvalue weighted by atomic mass is 9.84. The molecular formula is C32H23ClO9. The molecule has 0 bridgehead atoms. The molecule has 212 valence electrons. The first kappa shape index (κ1) is 28.4. The fraction of sp³-hybridized carbons (Fsp3) is 0.125. The second kappa shape index (κ2) is 10.7. The van der Waals surface area contributed by atoms with E-state index in [2.05, 4.69) is 0 Å². The molecule has 0 atom stereocenters. The summed E-state index contributed by atoms with van der Waals surface area (Å²) in [4.78, 5) is 51.5. The van der Waals surface area contributed by atoms with E-state index in [0.717, 1.165) is 31.1 Å². The van der Waals surface area contributed by atoms with Crippen LogP contribution in [-0.2, 0) is 19.1 Å². The Morgan fingerprint density at radius 1 is 0.810 bits per heavy atom. The van der Waals surface area contributed by atoms with E-state index >= 15 is 0 Å². The summed E-state index contributed by atoms with van der Waals surface area (Å²) in [6.45, 7) is 3.53. The molecule has 0 aliphatic heterocycles. The van der Waals surface area contributed by atoms with Gasteiger partial charge in [-0.15, -0.1) is 0 Å². The number of methoxy groups -OCH3 is 2. The van der Waals surface area contributed by atoms with E-state index in [1.165, 1.54) is 0 Å². The number of fused-ring (bicyclic) bond motifs is 4. The molecule has 1 aromatic heterocycles. The summed E-state index contributed by atoms with van der Waals surface area (Å²) in [6.07, 6.45) is 0.760. The van der Waals surface area contributed by atoms with Crippen molar-refractivity contribution in [3.05, 3.63) is 87.4 Å². The molecule has 42 heavy (non-hydrogen) atoms. The van der Waals surface area contributed by atoms with Crippen molar-refractivity contribution < 1.29 is 43.3 Å². The number of carboxylic acid groups (broad SMARTS) is 2. The number of hydrogen-bond acceptors (Lipinski definition) is 7. The molecule has 4 aromatic carbocycles. The number of ether oxygens (including phenoxy) is 2. The SMILES string of the molecule is COC(=O)/C=C(\C(=O)OC)c1c(C(=O)O)c(C(=O)O)c(-c2ccc3ccccc3c2)c2oc3c(C)c(C)c(Cl)cc3c12. The lowest BCUT2D eigenvalue weighted by molar-refractivity contribution is -0.136. The maximum absolute atomic E-state index is 13.1. The standard InChI is InChI=1S/C32H23ClO9/c1-14-15(2)28-19(12-21(14)33)25-24(20(32(39)41-4)13-22(34)40-3)27(31(37)38)26(30(35)36)23(29(25)42-28)18-10-9-16-7-5-6-8-17(16)11-18/h5-13H,1-4H3,(H,35,36)(H,37,38)/b20-13-. The molecule has 10 heteroatoms. The van der Waals surface area contributed by atoms with E-state index in [1.807, 2.05) is 24.3 Å². The number of hydrogen-bond donors (Lipinski definition) is 2. The van der Waals surface area contributed by atoms with Crippen LogP contribution in [0.4, 0.5) is 0 Å². The number of esters is 2. The topological polar surface area (TPSA) is 140 Å². The third-order valence-electron chi connectivity index (χ3n) is 7.31. The van der Waals surface area contributed by atoms with Crippen LogP contribution in [0.2, 0.25) is 5.02 Å². The highest BCUT2D eigenvalue weighted by atomic mass is 35.5. The summed E-state index contributed by atoms with van der Waals surface area (Å²) < 4.78 is 16.0. The Kier molecular flexibility index (Phi) is 7.22. The number of rotatable bonds is 6. The zero-order chi connectivity index (χ0) is 30.5. The first-order chi connectivity index (χ1) is 20.0. The molecule has 1 heterocycles. The number of carbonyl (C=O) groups excluding carboxylic acids is 2. The maximum Gasteiger partial charge on any atom is 0.338 e. The zero-order valence-corrected chi connectivity index (χ0v) is 23.6. The van der Waals surface area contributed by atoms with E-state index < -0.39 is 40.6 Å². The van der Waals surface area contributed by atoms with E-state index in [0.29, 0.717) is 32.7 Å². The van der Waals surface area contributed by atoms with Crippen molar-refractivity contribution in [1.29, 1.82) is 0 Å². The Morgan fingerprint density at radius 2 is 1.48 bits per heavy atom. The fourth-order valence-electron chi connectivity index (χ4n) is 5.19. The summed E-state index contributed by atoms with van der Waals surface area (Å²) in [6, 6.07) is 14.1.